The Morgan fingerprint density at radius 3 is 2.85 bits per heavy atom. The van der Waals surface area contributed by atoms with Crippen LogP contribution in [0.4, 0.5) is 0 Å². The lowest BCUT2D eigenvalue weighted by Gasteiger charge is -2.09. The molecule has 1 atom stereocenters. The van der Waals surface area contributed by atoms with Crippen molar-refractivity contribution in [2.45, 2.75) is 33.1 Å². The molecule has 2 heteroatoms. The number of ether oxygens (including phenoxy) is 1. The highest BCUT2D eigenvalue weighted by molar-refractivity contribution is 4.71. The highest BCUT2D eigenvalue weighted by Crippen LogP contribution is 2.28. The van der Waals surface area contributed by atoms with Gasteiger partial charge in [-0.05, 0) is 31.2 Å². The normalized spacial score (nSPS) is 18.9. The monoisotopic (exact) mass is 185 g/mol. The molecule has 1 N–H and O–H groups in total. The maximum atomic E-state index is 5.51. The van der Waals surface area contributed by atoms with Gasteiger partial charge in [-0.2, -0.15) is 0 Å². The van der Waals surface area contributed by atoms with Crippen molar-refractivity contribution >= 4 is 0 Å². The Morgan fingerprint density at radius 2 is 2.23 bits per heavy atom. The smallest absolute Gasteiger partial charge is 0.0591 e. The van der Waals surface area contributed by atoms with Gasteiger partial charge in [0.05, 0.1) is 6.61 Å². The Bertz CT molecular complexity index is 123. The van der Waals surface area contributed by atoms with E-state index >= 15 is 0 Å². The molecule has 1 fully saturated rings. The molecular weight excluding hydrogens is 162 g/mol. The SMILES string of the molecule is CCC(C)CNCCOCC1CC1. The standard InChI is InChI=1S/C11H23NO/c1-3-10(2)8-12-6-7-13-9-11-4-5-11/h10-12H,3-9H2,1-2H3. The summed E-state index contributed by atoms with van der Waals surface area (Å²) < 4.78 is 5.51. The topological polar surface area (TPSA) is 21.3 Å². The molecule has 0 aromatic carbocycles. The van der Waals surface area contributed by atoms with Crippen LogP contribution in [-0.4, -0.2) is 26.3 Å². The molecule has 1 rings (SSSR count). The molecule has 1 saturated carbocycles. The van der Waals surface area contributed by atoms with Crippen molar-refractivity contribution in [2.24, 2.45) is 11.8 Å². The first-order valence-corrected chi connectivity index (χ1v) is 5.61. The maximum absolute atomic E-state index is 5.51. The van der Waals surface area contributed by atoms with E-state index in [2.05, 4.69) is 19.2 Å². The Kier molecular flexibility index (Phi) is 5.40. The van der Waals surface area contributed by atoms with Crippen LogP contribution in [0.15, 0.2) is 0 Å². The Labute approximate surface area is 82.0 Å². The minimum Gasteiger partial charge on any atom is -0.380 e. The minimum atomic E-state index is 0.795. The van der Waals surface area contributed by atoms with Gasteiger partial charge in [0, 0.05) is 13.2 Å². The van der Waals surface area contributed by atoms with Crippen LogP contribution in [0.3, 0.4) is 0 Å². The van der Waals surface area contributed by atoms with E-state index in [0.717, 1.165) is 38.1 Å². The largest absolute Gasteiger partial charge is 0.380 e. The molecule has 1 aliphatic carbocycles. The fourth-order valence-electron chi connectivity index (χ4n) is 1.17. The van der Waals surface area contributed by atoms with E-state index in [1.807, 2.05) is 0 Å². The summed E-state index contributed by atoms with van der Waals surface area (Å²) in [6, 6.07) is 0. The molecule has 1 unspecified atom stereocenters. The molecule has 0 aromatic heterocycles. The van der Waals surface area contributed by atoms with Gasteiger partial charge in [-0.3, -0.25) is 0 Å². The Hall–Kier alpha value is -0.0800. The Balaban J connectivity index is 1.72. The summed E-state index contributed by atoms with van der Waals surface area (Å²) in [4.78, 5) is 0. The zero-order chi connectivity index (χ0) is 9.52. The van der Waals surface area contributed by atoms with Crippen molar-refractivity contribution in [2.75, 3.05) is 26.3 Å². The van der Waals surface area contributed by atoms with Crippen molar-refractivity contribution in [1.82, 2.24) is 5.32 Å². The second-order valence-electron chi connectivity index (χ2n) is 4.24. The van der Waals surface area contributed by atoms with Gasteiger partial charge >= 0.3 is 0 Å². The van der Waals surface area contributed by atoms with Gasteiger partial charge in [0.1, 0.15) is 0 Å². The van der Waals surface area contributed by atoms with Gasteiger partial charge in [0.25, 0.3) is 0 Å². The number of hydrogen-bond donors (Lipinski definition) is 1. The lowest BCUT2D eigenvalue weighted by atomic mass is 10.1. The number of rotatable bonds is 8. The van der Waals surface area contributed by atoms with Crippen molar-refractivity contribution in [3.8, 4) is 0 Å². The van der Waals surface area contributed by atoms with Crippen molar-refractivity contribution in [3.05, 3.63) is 0 Å². The van der Waals surface area contributed by atoms with Crippen LogP contribution in [0.5, 0.6) is 0 Å². The quantitative estimate of drug-likeness (QED) is 0.584. The predicted octanol–water partition coefficient (Wildman–Crippen LogP) is 2.05. The fourth-order valence-corrected chi connectivity index (χ4v) is 1.17. The molecule has 2 nitrogen and oxygen atoms in total. The molecule has 0 aromatic rings. The van der Waals surface area contributed by atoms with E-state index in [1.165, 1.54) is 19.3 Å². The molecule has 0 saturated heterocycles. The lowest BCUT2D eigenvalue weighted by molar-refractivity contribution is 0.125. The third kappa shape index (κ3) is 6.05. The van der Waals surface area contributed by atoms with E-state index in [0.29, 0.717) is 0 Å². The molecule has 0 spiro atoms. The molecule has 78 valence electrons. The molecule has 0 aliphatic heterocycles. The van der Waals surface area contributed by atoms with E-state index in [-0.39, 0.29) is 0 Å². The maximum Gasteiger partial charge on any atom is 0.0591 e. The van der Waals surface area contributed by atoms with Crippen LogP contribution < -0.4 is 5.32 Å². The second-order valence-corrected chi connectivity index (χ2v) is 4.24. The van der Waals surface area contributed by atoms with E-state index < -0.39 is 0 Å². The van der Waals surface area contributed by atoms with Crippen molar-refractivity contribution in [1.29, 1.82) is 0 Å². The van der Waals surface area contributed by atoms with Gasteiger partial charge < -0.3 is 10.1 Å². The molecule has 0 amide bonds. The van der Waals surface area contributed by atoms with Crippen LogP contribution in [0.25, 0.3) is 0 Å². The van der Waals surface area contributed by atoms with Crippen LogP contribution in [0.2, 0.25) is 0 Å². The first kappa shape index (κ1) is 11.0. The molecule has 1 aliphatic rings. The minimum absolute atomic E-state index is 0.795. The highest BCUT2D eigenvalue weighted by Gasteiger charge is 2.20. The molecule has 13 heavy (non-hydrogen) atoms. The molecule has 0 radical (unpaired) electrons. The van der Waals surface area contributed by atoms with Gasteiger partial charge in [-0.15, -0.1) is 0 Å². The highest BCUT2D eigenvalue weighted by atomic mass is 16.5. The zero-order valence-corrected chi connectivity index (χ0v) is 9.01. The van der Waals surface area contributed by atoms with Gasteiger partial charge in [0.15, 0.2) is 0 Å². The van der Waals surface area contributed by atoms with E-state index in [9.17, 15) is 0 Å². The van der Waals surface area contributed by atoms with Gasteiger partial charge in [-0.25, -0.2) is 0 Å². The lowest BCUT2D eigenvalue weighted by Crippen LogP contribution is -2.25. The summed E-state index contributed by atoms with van der Waals surface area (Å²) >= 11 is 0. The summed E-state index contributed by atoms with van der Waals surface area (Å²) in [5, 5.41) is 3.41. The summed E-state index contributed by atoms with van der Waals surface area (Å²) in [5.41, 5.74) is 0. The Morgan fingerprint density at radius 1 is 1.46 bits per heavy atom. The van der Waals surface area contributed by atoms with Crippen LogP contribution in [0, 0.1) is 11.8 Å². The van der Waals surface area contributed by atoms with E-state index in [4.69, 9.17) is 4.74 Å². The second kappa shape index (κ2) is 6.39. The third-order valence-electron chi connectivity index (χ3n) is 2.66. The zero-order valence-electron chi connectivity index (χ0n) is 9.01. The number of hydrogen-bond acceptors (Lipinski definition) is 2. The average molecular weight is 185 g/mol. The first-order valence-electron chi connectivity index (χ1n) is 5.61. The predicted molar refractivity (Wildman–Crippen MR) is 55.9 cm³/mol. The molecule has 0 heterocycles. The molecular formula is C11H23NO. The summed E-state index contributed by atoms with van der Waals surface area (Å²) in [7, 11) is 0. The van der Waals surface area contributed by atoms with Gasteiger partial charge in [-0.1, -0.05) is 20.3 Å². The van der Waals surface area contributed by atoms with Gasteiger partial charge in [0.2, 0.25) is 0 Å². The van der Waals surface area contributed by atoms with Crippen molar-refractivity contribution < 1.29 is 4.74 Å². The third-order valence-corrected chi connectivity index (χ3v) is 2.66. The summed E-state index contributed by atoms with van der Waals surface area (Å²) in [6.07, 6.45) is 4.04. The summed E-state index contributed by atoms with van der Waals surface area (Å²) in [5.74, 6) is 1.69. The summed E-state index contributed by atoms with van der Waals surface area (Å²) in [6.45, 7) is 8.52. The molecule has 0 bridgehead atoms. The van der Waals surface area contributed by atoms with Crippen LogP contribution in [0.1, 0.15) is 33.1 Å². The van der Waals surface area contributed by atoms with Crippen LogP contribution >= 0.6 is 0 Å². The van der Waals surface area contributed by atoms with E-state index in [1.54, 1.807) is 0 Å². The number of nitrogens with one attached hydrogen (secondary N) is 1. The van der Waals surface area contributed by atoms with Crippen LogP contribution in [-0.2, 0) is 4.74 Å². The fraction of sp³-hybridized carbons (Fsp3) is 1.00. The first-order chi connectivity index (χ1) is 6.33. The van der Waals surface area contributed by atoms with Crippen molar-refractivity contribution in [3.63, 3.8) is 0 Å². The average Bonchev–Trinajstić information content (AvgIpc) is 2.94.